The second kappa shape index (κ2) is 4.18. The van der Waals surface area contributed by atoms with E-state index in [1.54, 1.807) is 6.92 Å². The van der Waals surface area contributed by atoms with E-state index in [4.69, 9.17) is 16.2 Å². The molecule has 0 aliphatic carbocycles. The highest BCUT2D eigenvalue weighted by molar-refractivity contribution is 5.65. The van der Waals surface area contributed by atoms with Gasteiger partial charge in [-0.3, -0.25) is 0 Å². The van der Waals surface area contributed by atoms with Gasteiger partial charge in [0.2, 0.25) is 0 Å². The molecule has 0 saturated carbocycles. The molecule has 4 nitrogen and oxygen atoms in total. The molecule has 1 atom stereocenters. The van der Waals surface area contributed by atoms with Crippen molar-refractivity contribution in [3.05, 3.63) is 0 Å². The van der Waals surface area contributed by atoms with Crippen LogP contribution in [0.15, 0.2) is 0 Å². The summed E-state index contributed by atoms with van der Waals surface area (Å²) in [5, 5.41) is 0. The number of hydrogen-bond donors (Lipinski definition) is 2. The SMILES string of the molecule is CCCC(C)(CN)OC(N)=O. The highest BCUT2D eigenvalue weighted by atomic mass is 16.6. The lowest BCUT2D eigenvalue weighted by molar-refractivity contribution is 0.0307. The number of nitrogens with two attached hydrogens (primary N) is 2. The van der Waals surface area contributed by atoms with E-state index in [2.05, 4.69) is 0 Å². The van der Waals surface area contributed by atoms with E-state index >= 15 is 0 Å². The van der Waals surface area contributed by atoms with Crippen molar-refractivity contribution in [2.45, 2.75) is 32.3 Å². The zero-order chi connectivity index (χ0) is 8.91. The number of amides is 1. The van der Waals surface area contributed by atoms with E-state index in [0.29, 0.717) is 6.54 Å². The lowest BCUT2D eigenvalue weighted by atomic mass is 10.0. The normalized spacial score (nSPS) is 15.5. The van der Waals surface area contributed by atoms with Crippen LogP contribution in [0.1, 0.15) is 26.7 Å². The molecular formula is C7H16N2O2. The Morgan fingerprint density at radius 1 is 1.64 bits per heavy atom. The number of ether oxygens (including phenoxy) is 1. The predicted molar refractivity (Wildman–Crippen MR) is 43.0 cm³/mol. The van der Waals surface area contributed by atoms with Crippen molar-refractivity contribution in [2.75, 3.05) is 6.54 Å². The molecule has 0 aromatic carbocycles. The second-order valence-electron chi connectivity index (χ2n) is 2.83. The van der Waals surface area contributed by atoms with Gasteiger partial charge in [-0.05, 0) is 13.3 Å². The Morgan fingerprint density at radius 2 is 2.18 bits per heavy atom. The number of carbonyl (C=O) groups is 1. The Bertz CT molecular complexity index is 138. The van der Waals surface area contributed by atoms with Gasteiger partial charge in [-0.25, -0.2) is 4.79 Å². The maximum atomic E-state index is 10.4. The molecule has 0 bridgehead atoms. The summed E-state index contributed by atoms with van der Waals surface area (Å²) < 4.78 is 4.84. The third kappa shape index (κ3) is 3.83. The minimum atomic E-state index is -0.758. The van der Waals surface area contributed by atoms with Crippen LogP contribution in [0.3, 0.4) is 0 Å². The Hall–Kier alpha value is -0.770. The van der Waals surface area contributed by atoms with Crippen LogP contribution in [0, 0.1) is 0 Å². The van der Waals surface area contributed by atoms with Crippen LogP contribution >= 0.6 is 0 Å². The molecule has 66 valence electrons. The highest BCUT2D eigenvalue weighted by Crippen LogP contribution is 2.15. The van der Waals surface area contributed by atoms with Gasteiger partial charge in [-0.1, -0.05) is 13.3 Å². The third-order valence-electron chi connectivity index (χ3n) is 1.56. The van der Waals surface area contributed by atoms with Crippen LogP contribution in [0.4, 0.5) is 4.79 Å². The largest absolute Gasteiger partial charge is 0.442 e. The van der Waals surface area contributed by atoms with Crippen molar-refractivity contribution in [1.82, 2.24) is 0 Å². The van der Waals surface area contributed by atoms with Gasteiger partial charge in [0.1, 0.15) is 5.60 Å². The standard InChI is InChI=1S/C7H16N2O2/c1-3-4-7(2,5-8)11-6(9)10/h3-5,8H2,1-2H3,(H2,9,10). The zero-order valence-electron chi connectivity index (χ0n) is 7.09. The van der Waals surface area contributed by atoms with E-state index in [9.17, 15) is 4.79 Å². The first-order chi connectivity index (χ1) is 5.04. The van der Waals surface area contributed by atoms with Crippen molar-refractivity contribution in [2.24, 2.45) is 11.5 Å². The maximum Gasteiger partial charge on any atom is 0.405 e. The molecule has 0 fully saturated rings. The van der Waals surface area contributed by atoms with Crippen molar-refractivity contribution >= 4 is 6.09 Å². The molecular weight excluding hydrogens is 144 g/mol. The molecule has 0 saturated heterocycles. The molecule has 0 rings (SSSR count). The molecule has 0 aliphatic heterocycles. The first-order valence-corrected chi connectivity index (χ1v) is 3.72. The van der Waals surface area contributed by atoms with Crippen LogP contribution < -0.4 is 11.5 Å². The van der Waals surface area contributed by atoms with E-state index < -0.39 is 11.7 Å². The summed E-state index contributed by atoms with van der Waals surface area (Å²) in [7, 11) is 0. The Labute approximate surface area is 66.9 Å². The summed E-state index contributed by atoms with van der Waals surface area (Å²) >= 11 is 0. The molecule has 0 aromatic heterocycles. The van der Waals surface area contributed by atoms with Crippen LogP contribution in [-0.2, 0) is 4.74 Å². The van der Waals surface area contributed by atoms with Crippen LogP contribution in [0.5, 0.6) is 0 Å². The monoisotopic (exact) mass is 160 g/mol. The quantitative estimate of drug-likeness (QED) is 0.632. The summed E-state index contributed by atoms with van der Waals surface area (Å²) in [5.41, 5.74) is 9.69. The fourth-order valence-corrected chi connectivity index (χ4v) is 0.966. The minimum Gasteiger partial charge on any atom is -0.442 e. The van der Waals surface area contributed by atoms with Crippen LogP contribution in [-0.4, -0.2) is 18.2 Å². The van der Waals surface area contributed by atoms with Gasteiger partial charge in [0.05, 0.1) is 0 Å². The van der Waals surface area contributed by atoms with Crippen molar-refractivity contribution < 1.29 is 9.53 Å². The molecule has 0 aliphatic rings. The van der Waals surface area contributed by atoms with Gasteiger partial charge in [0, 0.05) is 6.54 Å². The topological polar surface area (TPSA) is 78.3 Å². The first kappa shape index (κ1) is 10.2. The lowest BCUT2D eigenvalue weighted by Gasteiger charge is -2.26. The van der Waals surface area contributed by atoms with Gasteiger partial charge in [0.15, 0.2) is 0 Å². The molecule has 0 radical (unpaired) electrons. The Kier molecular flexibility index (Phi) is 3.89. The third-order valence-corrected chi connectivity index (χ3v) is 1.56. The van der Waals surface area contributed by atoms with E-state index in [1.807, 2.05) is 6.92 Å². The fraction of sp³-hybridized carbons (Fsp3) is 0.857. The van der Waals surface area contributed by atoms with E-state index in [1.165, 1.54) is 0 Å². The summed E-state index contributed by atoms with van der Waals surface area (Å²) in [5.74, 6) is 0. The van der Waals surface area contributed by atoms with Gasteiger partial charge in [0.25, 0.3) is 0 Å². The average Bonchev–Trinajstić information content (AvgIpc) is 1.87. The maximum absolute atomic E-state index is 10.4. The fourth-order valence-electron chi connectivity index (χ4n) is 0.966. The Morgan fingerprint density at radius 3 is 2.45 bits per heavy atom. The number of carbonyl (C=O) groups excluding carboxylic acids is 1. The smallest absolute Gasteiger partial charge is 0.405 e. The summed E-state index contributed by atoms with van der Waals surface area (Å²) in [6.07, 6.45) is 0.902. The molecule has 0 heterocycles. The van der Waals surface area contributed by atoms with Crippen LogP contribution in [0.25, 0.3) is 0 Å². The molecule has 0 aromatic rings. The number of rotatable bonds is 4. The molecule has 4 heteroatoms. The summed E-state index contributed by atoms with van der Waals surface area (Å²) in [6, 6.07) is 0. The lowest BCUT2D eigenvalue weighted by Crippen LogP contribution is -2.40. The molecule has 1 unspecified atom stereocenters. The minimum absolute atomic E-state index is 0.309. The number of hydrogen-bond acceptors (Lipinski definition) is 3. The van der Waals surface area contributed by atoms with Gasteiger partial charge in [-0.2, -0.15) is 0 Å². The predicted octanol–water partition coefficient (Wildman–Crippen LogP) is 0.599. The van der Waals surface area contributed by atoms with Crippen LogP contribution in [0.2, 0.25) is 0 Å². The summed E-state index contributed by atoms with van der Waals surface area (Å²) in [4.78, 5) is 10.4. The number of primary amides is 1. The van der Waals surface area contributed by atoms with Crippen molar-refractivity contribution in [3.63, 3.8) is 0 Å². The van der Waals surface area contributed by atoms with Gasteiger partial charge < -0.3 is 16.2 Å². The average molecular weight is 160 g/mol. The highest BCUT2D eigenvalue weighted by Gasteiger charge is 2.24. The zero-order valence-corrected chi connectivity index (χ0v) is 7.09. The second-order valence-corrected chi connectivity index (χ2v) is 2.83. The summed E-state index contributed by atoms with van der Waals surface area (Å²) in [6.45, 7) is 4.09. The van der Waals surface area contributed by atoms with Gasteiger partial charge in [-0.15, -0.1) is 0 Å². The van der Waals surface area contributed by atoms with Crippen molar-refractivity contribution in [3.8, 4) is 0 Å². The first-order valence-electron chi connectivity index (χ1n) is 3.72. The Balaban J connectivity index is 3.98. The molecule has 1 amide bonds. The van der Waals surface area contributed by atoms with Crippen molar-refractivity contribution in [1.29, 1.82) is 0 Å². The van der Waals surface area contributed by atoms with E-state index in [0.717, 1.165) is 12.8 Å². The molecule has 11 heavy (non-hydrogen) atoms. The molecule has 0 spiro atoms. The molecule has 4 N–H and O–H groups in total. The van der Waals surface area contributed by atoms with Gasteiger partial charge >= 0.3 is 6.09 Å². The van der Waals surface area contributed by atoms with E-state index in [-0.39, 0.29) is 0 Å².